The average Bonchev–Trinajstić information content (AvgIpc) is 1.35. The van der Waals surface area contributed by atoms with Gasteiger partial charge >= 0.3 is 0 Å². The van der Waals surface area contributed by atoms with Crippen LogP contribution in [0.4, 0.5) is 4.39 Å². The maximum absolute atomic E-state index is 11.0. The van der Waals surface area contributed by atoms with Crippen LogP contribution >= 0.6 is 0 Å². The lowest BCUT2D eigenvalue weighted by Crippen LogP contribution is -1.99. The Hall–Kier alpha value is -0.110. The molecule has 2 heteroatoms. The SMILES string of the molecule is [CH2]C(C)OCF. The molecule has 1 nitrogen and oxygen atoms in total. The minimum Gasteiger partial charge on any atom is -0.348 e. The summed E-state index contributed by atoms with van der Waals surface area (Å²) in [6, 6.07) is 0. The normalized spacial score (nSPS) is 10.0. The van der Waals surface area contributed by atoms with E-state index >= 15 is 0 Å². The van der Waals surface area contributed by atoms with Crippen LogP contribution in [0.3, 0.4) is 0 Å². The molecule has 0 N–H and O–H groups in total. The van der Waals surface area contributed by atoms with Gasteiger partial charge in [0, 0.05) is 0 Å². The zero-order chi connectivity index (χ0) is 4.99. The first kappa shape index (κ1) is 5.89. The summed E-state index contributed by atoms with van der Waals surface area (Å²) in [4.78, 5) is 0. The van der Waals surface area contributed by atoms with Crippen molar-refractivity contribution >= 4 is 0 Å². The van der Waals surface area contributed by atoms with E-state index in [0.717, 1.165) is 0 Å². The summed E-state index contributed by atoms with van der Waals surface area (Å²) in [7, 11) is 0. The van der Waals surface area contributed by atoms with Gasteiger partial charge in [0.1, 0.15) is 0 Å². The van der Waals surface area contributed by atoms with E-state index in [1.807, 2.05) is 0 Å². The van der Waals surface area contributed by atoms with Crippen LogP contribution in [0, 0.1) is 6.92 Å². The Morgan fingerprint density at radius 1 is 2.00 bits per heavy atom. The summed E-state index contributed by atoms with van der Waals surface area (Å²) in [5.41, 5.74) is 0. The summed E-state index contributed by atoms with van der Waals surface area (Å²) < 4.78 is 15.2. The second kappa shape index (κ2) is 3.09. The molecule has 0 aliphatic carbocycles. The average molecular weight is 91.1 g/mol. The predicted octanol–water partition coefficient (Wildman–Crippen LogP) is 1.15. The lowest BCUT2D eigenvalue weighted by atomic mass is 10.5. The molecular formula is C4H8FO. The molecule has 0 fully saturated rings. The zero-order valence-electron chi connectivity index (χ0n) is 3.78. The van der Waals surface area contributed by atoms with E-state index in [1.165, 1.54) is 0 Å². The molecule has 1 atom stereocenters. The molecule has 0 aliphatic heterocycles. The number of rotatable bonds is 2. The number of alkyl halides is 1. The van der Waals surface area contributed by atoms with Gasteiger partial charge in [-0.3, -0.25) is 0 Å². The van der Waals surface area contributed by atoms with Gasteiger partial charge in [-0.05, 0) is 13.8 Å². The molecule has 6 heavy (non-hydrogen) atoms. The summed E-state index contributed by atoms with van der Waals surface area (Å²) >= 11 is 0. The maximum Gasteiger partial charge on any atom is 0.188 e. The van der Waals surface area contributed by atoms with Gasteiger partial charge in [-0.2, -0.15) is 0 Å². The summed E-state index contributed by atoms with van der Waals surface area (Å²) in [6.45, 7) is 4.31. The van der Waals surface area contributed by atoms with E-state index in [9.17, 15) is 4.39 Å². The van der Waals surface area contributed by atoms with Crippen molar-refractivity contribution in [2.45, 2.75) is 13.0 Å². The lowest BCUT2D eigenvalue weighted by molar-refractivity contribution is 0.0280. The highest BCUT2D eigenvalue weighted by Gasteiger charge is 1.86. The summed E-state index contributed by atoms with van der Waals surface area (Å²) in [5, 5.41) is 0. The highest BCUT2D eigenvalue weighted by Crippen LogP contribution is 1.83. The molecule has 1 radical (unpaired) electrons. The standard InChI is InChI=1S/C4H8FO/c1-4(2)6-3-5/h4H,1,3H2,2H3. The van der Waals surface area contributed by atoms with Crippen molar-refractivity contribution < 1.29 is 9.13 Å². The van der Waals surface area contributed by atoms with E-state index < -0.39 is 6.86 Å². The smallest absolute Gasteiger partial charge is 0.188 e. The highest BCUT2D eigenvalue weighted by molar-refractivity contribution is 4.45. The molecule has 0 aliphatic rings. The predicted molar refractivity (Wildman–Crippen MR) is 21.9 cm³/mol. The maximum atomic E-state index is 11.0. The fourth-order valence-corrected chi connectivity index (χ4v) is 0.108. The van der Waals surface area contributed by atoms with Crippen molar-refractivity contribution in [1.82, 2.24) is 0 Å². The van der Waals surface area contributed by atoms with Crippen LogP contribution in [-0.2, 0) is 4.74 Å². The van der Waals surface area contributed by atoms with Gasteiger partial charge in [-0.1, -0.05) is 0 Å². The lowest BCUT2D eigenvalue weighted by Gasteiger charge is -1.97. The Labute approximate surface area is 37.1 Å². The second-order valence-corrected chi connectivity index (χ2v) is 1.09. The fourth-order valence-electron chi connectivity index (χ4n) is 0.108. The van der Waals surface area contributed by atoms with Gasteiger partial charge in [0.2, 0.25) is 0 Å². The summed E-state index contributed by atoms with van der Waals surface area (Å²) in [5.74, 6) is 0. The van der Waals surface area contributed by atoms with Gasteiger partial charge in [0.15, 0.2) is 6.86 Å². The molecular weight excluding hydrogens is 83.0 g/mol. The molecule has 0 aromatic rings. The van der Waals surface area contributed by atoms with Crippen molar-refractivity contribution in [1.29, 1.82) is 0 Å². The van der Waals surface area contributed by atoms with Crippen molar-refractivity contribution in [3.8, 4) is 0 Å². The Balaban J connectivity index is 2.63. The molecule has 37 valence electrons. The van der Waals surface area contributed by atoms with Crippen molar-refractivity contribution in [3.05, 3.63) is 6.92 Å². The largest absolute Gasteiger partial charge is 0.348 e. The third-order valence-electron chi connectivity index (χ3n) is 0.348. The number of halogens is 1. The third kappa shape index (κ3) is 3.89. The Morgan fingerprint density at radius 3 is 2.50 bits per heavy atom. The van der Waals surface area contributed by atoms with Gasteiger partial charge in [0.05, 0.1) is 6.10 Å². The van der Waals surface area contributed by atoms with Gasteiger partial charge in [-0.25, -0.2) is 4.39 Å². The molecule has 0 amide bonds. The van der Waals surface area contributed by atoms with Crippen LogP contribution in [0.1, 0.15) is 6.92 Å². The van der Waals surface area contributed by atoms with Crippen LogP contribution in [0.5, 0.6) is 0 Å². The quantitative estimate of drug-likeness (QED) is 0.495. The summed E-state index contributed by atoms with van der Waals surface area (Å²) in [6.07, 6.45) is -0.227. The molecule has 0 aromatic heterocycles. The molecule has 0 saturated carbocycles. The van der Waals surface area contributed by atoms with Crippen LogP contribution in [0.25, 0.3) is 0 Å². The van der Waals surface area contributed by atoms with Crippen molar-refractivity contribution in [2.75, 3.05) is 6.86 Å². The van der Waals surface area contributed by atoms with Crippen LogP contribution in [0.15, 0.2) is 0 Å². The van der Waals surface area contributed by atoms with E-state index in [4.69, 9.17) is 0 Å². The highest BCUT2D eigenvalue weighted by atomic mass is 19.1. The fraction of sp³-hybridized carbons (Fsp3) is 0.750. The number of ether oxygens (including phenoxy) is 1. The molecule has 0 saturated heterocycles. The Kier molecular flexibility index (Phi) is 3.04. The van der Waals surface area contributed by atoms with E-state index in [2.05, 4.69) is 11.7 Å². The monoisotopic (exact) mass is 91.1 g/mol. The first-order valence-electron chi connectivity index (χ1n) is 1.78. The Bertz CT molecular complexity index is 28.7. The van der Waals surface area contributed by atoms with Gasteiger partial charge < -0.3 is 4.74 Å². The minimum atomic E-state index is -0.731. The van der Waals surface area contributed by atoms with E-state index in [1.54, 1.807) is 6.92 Å². The van der Waals surface area contributed by atoms with Crippen molar-refractivity contribution in [2.24, 2.45) is 0 Å². The van der Waals surface area contributed by atoms with Gasteiger partial charge in [0.25, 0.3) is 0 Å². The topological polar surface area (TPSA) is 9.23 Å². The van der Waals surface area contributed by atoms with Gasteiger partial charge in [-0.15, -0.1) is 0 Å². The third-order valence-corrected chi connectivity index (χ3v) is 0.348. The minimum absolute atomic E-state index is 0.227. The zero-order valence-corrected chi connectivity index (χ0v) is 3.78. The molecule has 0 spiro atoms. The molecule has 0 aromatic carbocycles. The van der Waals surface area contributed by atoms with Crippen LogP contribution in [0.2, 0.25) is 0 Å². The molecule has 0 bridgehead atoms. The first-order chi connectivity index (χ1) is 2.77. The molecule has 0 heterocycles. The molecule has 1 unspecified atom stereocenters. The van der Waals surface area contributed by atoms with E-state index in [0.29, 0.717) is 0 Å². The second-order valence-electron chi connectivity index (χ2n) is 1.09. The van der Waals surface area contributed by atoms with Crippen molar-refractivity contribution in [3.63, 3.8) is 0 Å². The number of hydrogen-bond donors (Lipinski definition) is 0. The van der Waals surface area contributed by atoms with Crippen LogP contribution in [-0.4, -0.2) is 13.0 Å². The van der Waals surface area contributed by atoms with E-state index in [-0.39, 0.29) is 6.10 Å². The Morgan fingerprint density at radius 2 is 2.50 bits per heavy atom. The number of hydrogen-bond acceptors (Lipinski definition) is 1. The molecule has 0 rings (SSSR count). The van der Waals surface area contributed by atoms with Crippen LogP contribution < -0.4 is 0 Å². The first-order valence-corrected chi connectivity index (χ1v) is 1.78.